The predicted molar refractivity (Wildman–Crippen MR) is 94.9 cm³/mol. The minimum atomic E-state index is -0.0532. The maximum atomic E-state index is 12.6. The normalized spacial score (nSPS) is 10.8. The Balaban J connectivity index is 2.00. The van der Waals surface area contributed by atoms with Gasteiger partial charge in [-0.15, -0.1) is 0 Å². The number of halogens is 1. The summed E-state index contributed by atoms with van der Waals surface area (Å²) in [5.74, 6) is -0.0532. The maximum absolute atomic E-state index is 12.6. The van der Waals surface area contributed by atoms with Crippen LogP contribution < -0.4 is 0 Å². The standard InChI is InChI=1S/C20H18ClNO/c1-13-4-8-16(9-5-13)20(23)18-11-10-17(12-19(18)21)22-14(2)6-7-15(22)3/h4-12H,1-3H3. The lowest BCUT2D eigenvalue weighted by atomic mass is 10.0. The van der Waals surface area contributed by atoms with E-state index in [9.17, 15) is 4.79 Å². The van der Waals surface area contributed by atoms with Crippen LogP contribution in [0.4, 0.5) is 0 Å². The first kappa shape index (κ1) is 15.6. The highest BCUT2D eigenvalue weighted by Crippen LogP contribution is 2.25. The summed E-state index contributed by atoms with van der Waals surface area (Å²) in [6, 6.07) is 17.3. The van der Waals surface area contributed by atoms with Gasteiger partial charge in [0.25, 0.3) is 0 Å². The van der Waals surface area contributed by atoms with E-state index in [2.05, 4.69) is 16.7 Å². The number of hydrogen-bond acceptors (Lipinski definition) is 1. The Bertz CT molecular complexity index is 856. The Morgan fingerprint density at radius 1 is 0.870 bits per heavy atom. The van der Waals surface area contributed by atoms with Gasteiger partial charge < -0.3 is 4.57 Å². The van der Waals surface area contributed by atoms with E-state index >= 15 is 0 Å². The number of carbonyl (C=O) groups is 1. The summed E-state index contributed by atoms with van der Waals surface area (Å²) < 4.78 is 2.12. The third-order valence-corrected chi connectivity index (χ3v) is 4.35. The zero-order valence-electron chi connectivity index (χ0n) is 13.4. The smallest absolute Gasteiger partial charge is 0.194 e. The molecule has 116 valence electrons. The second-order valence-corrected chi connectivity index (χ2v) is 6.22. The fraction of sp³-hybridized carbons (Fsp3) is 0.150. The van der Waals surface area contributed by atoms with Crippen LogP contribution in [0.3, 0.4) is 0 Å². The Kier molecular flexibility index (Phi) is 4.10. The molecule has 3 rings (SSSR count). The number of rotatable bonds is 3. The third kappa shape index (κ3) is 2.95. The molecule has 0 aliphatic heterocycles. The minimum absolute atomic E-state index is 0.0532. The summed E-state index contributed by atoms with van der Waals surface area (Å²) >= 11 is 6.39. The highest BCUT2D eigenvalue weighted by atomic mass is 35.5. The second-order valence-electron chi connectivity index (χ2n) is 5.81. The summed E-state index contributed by atoms with van der Waals surface area (Å²) in [5, 5.41) is 0.473. The van der Waals surface area contributed by atoms with Crippen LogP contribution in [-0.4, -0.2) is 10.4 Å². The monoisotopic (exact) mass is 323 g/mol. The van der Waals surface area contributed by atoms with Crippen LogP contribution in [0.15, 0.2) is 54.6 Å². The van der Waals surface area contributed by atoms with Gasteiger partial charge in [-0.1, -0.05) is 41.4 Å². The molecule has 0 N–H and O–H groups in total. The molecule has 0 amide bonds. The zero-order valence-corrected chi connectivity index (χ0v) is 14.2. The lowest BCUT2D eigenvalue weighted by Gasteiger charge is -2.12. The van der Waals surface area contributed by atoms with Crippen molar-refractivity contribution in [2.24, 2.45) is 0 Å². The van der Waals surface area contributed by atoms with Gasteiger partial charge in [0, 0.05) is 28.2 Å². The molecule has 0 saturated heterocycles. The number of aryl methyl sites for hydroxylation is 3. The summed E-state index contributed by atoms with van der Waals surface area (Å²) in [4.78, 5) is 12.6. The molecule has 2 nitrogen and oxygen atoms in total. The lowest BCUT2D eigenvalue weighted by molar-refractivity contribution is 0.103. The quantitative estimate of drug-likeness (QED) is 0.600. The molecule has 0 aliphatic carbocycles. The number of benzene rings is 2. The second kappa shape index (κ2) is 6.05. The Morgan fingerprint density at radius 3 is 2.04 bits per heavy atom. The van der Waals surface area contributed by atoms with Crippen LogP contribution >= 0.6 is 11.6 Å². The lowest BCUT2D eigenvalue weighted by Crippen LogP contribution is -2.04. The average Bonchev–Trinajstić information content (AvgIpc) is 2.86. The molecule has 0 radical (unpaired) electrons. The number of carbonyl (C=O) groups excluding carboxylic acids is 1. The van der Waals surface area contributed by atoms with Crippen molar-refractivity contribution in [2.75, 3.05) is 0 Å². The van der Waals surface area contributed by atoms with E-state index in [1.807, 2.05) is 57.2 Å². The topological polar surface area (TPSA) is 22.0 Å². The van der Waals surface area contributed by atoms with Crippen molar-refractivity contribution in [3.05, 3.63) is 87.7 Å². The van der Waals surface area contributed by atoms with Crippen molar-refractivity contribution in [3.8, 4) is 5.69 Å². The molecule has 0 aliphatic rings. The molecule has 2 aromatic carbocycles. The first-order valence-corrected chi connectivity index (χ1v) is 7.91. The van der Waals surface area contributed by atoms with Gasteiger partial charge in [0.05, 0.1) is 5.02 Å². The van der Waals surface area contributed by atoms with Gasteiger partial charge in [-0.3, -0.25) is 4.79 Å². The summed E-state index contributed by atoms with van der Waals surface area (Å²) in [6.07, 6.45) is 0. The molecule has 1 aromatic heterocycles. The SMILES string of the molecule is Cc1ccc(C(=O)c2ccc(-n3c(C)ccc3C)cc2Cl)cc1. The van der Waals surface area contributed by atoms with Gasteiger partial charge >= 0.3 is 0 Å². The first-order chi connectivity index (χ1) is 11.0. The van der Waals surface area contributed by atoms with Gasteiger partial charge in [-0.2, -0.15) is 0 Å². The molecule has 23 heavy (non-hydrogen) atoms. The van der Waals surface area contributed by atoms with Crippen molar-refractivity contribution >= 4 is 17.4 Å². The molecule has 0 saturated carbocycles. The van der Waals surface area contributed by atoms with Crippen LogP contribution in [0.1, 0.15) is 32.9 Å². The van der Waals surface area contributed by atoms with Gasteiger partial charge in [-0.05, 0) is 51.1 Å². The van der Waals surface area contributed by atoms with Gasteiger partial charge in [0.15, 0.2) is 5.78 Å². The molecule has 0 spiro atoms. The zero-order chi connectivity index (χ0) is 16.6. The van der Waals surface area contributed by atoms with E-state index in [1.54, 1.807) is 6.07 Å². The van der Waals surface area contributed by atoms with Crippen molar-refractivity contribution in [1.82, 2.24) is 4.57 Å². The van der Waals surface area contributed by atoms with Gasteiger partial charge in [0.1, 0.15) is 0 Å². The first-order valence-electron chi connectivity index (χ1n) is 7.53. The van der Waals surface area contributed by atoms with E-state index < -0.39 is 0 Å². The average molecular weight is 324 g/mol. The molecule has 0 atom stereocenters. The van der Waals surface area contributed by atoms with Crippen LogP contribution in [0.2, 0.25) is 5.02 Å². The molecule has 3 heteroatoms. The minimum Gasteiger partial charge on any atom is -0.318 e. The molecule has 0 fully saturated rings. The number of aromatic nitrogens is 1. The molecule has 1 heterocycles. The van der Waals surface area contributed by atoms with Crippen molar-refractivity contribution < 1.29 is 4.79 Å². The van der Waals surface area contributed by atoms with Crippen LogP contribution in [-0.2, 0) is 0 Å². The third-order valence-electron chi connectivity index (χ3n) is 4.04. The Labute approximate surface area is 141 Å². The maximum Gasteiger partial charge on any atom is 0.194 e. The number of ketones is 1. The molecular formula is C20H18ClNO. The Hall–Kier alpha value is -2.32. The van der Waals surface area contributed by atoms with Crippen LogP contribution in [0.25, 0.3) is 5.69 Å². The van der Waals surface area contributed by atoms with E-state index in [1.165, 1.54) is 0 Å². The van der Waals surface area contributed by atoms with Crippen LogP contribution in [0.5, 0.6) is 0 Å². The van der Waals surface area contributed by atoms with Gasteiger partial charge in [-0.25, -0.2) is 0 Å². The number of nitrogens with zero attached hydrogens (tertiary/aromatic N) is 1. The predicted octanol–water partition coefficient (Wildman–Crippen LogP) is 5.29. The summed E-state index contributed by atoms with van der Waals surface area (Å²) in [6.45, 7) is 6.09. The fourth-order valence-electron chi connectivity index (χ4n) is 2.76. The van der Waals surface area contributed by atoms with Crippen molar-refractivity contribution in [3.63, 3.8) is 0 Å². The Morgan fingerprint density at radius 2 is 1.48 bits per heavy atom. The van der Waals surface area contributed by atoms with Crippen LogP contribution in [0, 0.1) is 20.8 Å². The molecule has 3 aromatic rings. The highest BCUT2D eigenvalue weighted by molar-refractivity contribution is 6.35. The number of hydrogen-bond donors (Lipinski definition) is 0. The largest absolute Gasteiger partial charge is 0.318 e. The van der Waals surface area contributed by atoms with E-state index in [0.29, 0.717) is 16.1 Å². The fourth-order valence-corrected chi connectivity index (χ4v) is 3.02. The van der Waals surface area contributed by atoms with Gasteiger partial charge in [0.2, 0.25) is 0 Å². The van der Waals surface area contributed by atoms with Crippen molar-refractivity contribution in [2.45, 2.75) is 20.8 Å². The summed E-state index contributed by atoms with van der Waals surface area (Å²) in [7, 11) is 0. The van der Waals surface area contributed by atoms with E-state index in [0.717, 1.165) is 22.6 Å². The van der Waals surface area contributed by atoms with E-state index in [-0.39, 0.29) is 5.78 Å². The molecule has 0 unspecified atom stereocenters. The molecular weight excluding hydrogens is 306 g/mol. The highest BCUT2D eigenvalue weighted by Gasteiger charge is 2.14. The van der Waals surface area contributed by atoms with Crippen molar-refractivity contribution in [1.29, 1.82) is 0 Å². The summed E-state index contributed by atoms with van der Waals surface area (Å²) in [5.41, 5.74) is 5.55. The molecule has 0 bridgehead atoms. The van der Waals surface area contributed by atoms with E-state index in [4.69, 9.17) is 11.6 Å².